The second kappa shape index (κ2) is 6.45. The lowest BCUT2D eigenvalue weighted by Crippen LogP contribution is -2.43. The SMILES string of the molecule is Cc1cc2nc(CN3C[C@H]4CC[C@@H]3CN(c3ncccn3)C4)cc(=O)n2[nH]1. The number of H-pyrrole nitrogens is 1. The van der Waals surface area contributed by atoms with Crippen LogP contribution in [0.2, 0.25) is 0 Å². The minimum Gasteiger partial charge on any atom is -0.339 e. The number of hydrogen-bond donors (Lipinski definition) is 1. The molecule has 6 rings (SSSR count). The Morgan fingerprint density at radius 3 is 2.85 bits per heavy atom. The Morgan fingerprint density at radius 2 is 2.00 bits per heavy atom. The van der Waals surface area contributed by atoms with E-state index in [2.05, 4.69) is 24.9 Å². The summed E-state index contributed by atoms with van der Waals surface area (Å²) in [5.74, 6) is 1.41. The van der Waals surface area contributed by atoms with Crippen molar-refractivity contribution in [3.8, 4) is 0 Å². The highest BCUT2D eigenvalue weighted by Crippen LogP contribution is 2.30. The molecular weight excluding hydrogens is 342 g/mol. The highest BCUT2D eigenvalue weighted by Gasteiger charge is 2.35. The molecule has 140 valence electrons. The van der Waals surface area contributed by atoms with Crippen LogP contribution in [0.15, 0.2) is 35.4 Å². The Morgan fingerprint density at radius 1 is 1.15 bits per heavy atom. The maximum absolute atomic E-state index is 12.4. The number of aromatic amines is 1. The number of hydrogen-bond acceptors (Lipinski definition) is 6. The van der Waals surface area contributed by atoms with E-state index in [9.17, 15) is 4.79 Å². The van der Waals surface area contributed by atoms with Crippen LogP contribution in [0.3, 0.4) is 0 Å². The van der Waals surface area contributed by atoms with E-state index in [-0.39, 0.29) is 5.56 Å². The van der Waals surface area contributed by atoms with Crippen LogP contribution in [-0.4, -0.2) is 55.1 Å². The number of aromatic nitrogens is 5. The quantitative estimate of drug-likeness (QED) is 0.752. The molecule has 0 unspecified atom stereocenters. The van der Waals surface area contributed by atoms with Crippen LogP contribution in [0, 0.1) is 12.8 Å². The molecule has 27 heavy (non-hydrogen) atoms. The summed E-state index contributed by atoms with van der Waals surface area (Å²) in [4.78, 5) is 30.7. The van der Waals surface area contributed by atoms with Gasteiger partial charge in [0, 0.05) is 62.4 Å². The van der Waals surface area contributed by atoms with Crippen molar-refractivity contribution < 1.29 is 0 Å². The summed E-state index contributed by atoms with van der Waals surface area (Å²) in [6.07, 6.45) is 6.01. The maximum atomic E-state index is 12.4. The van der Waals surface area contributed by atoms with E-state index in [0.717, 1.165) is 37.0 Å². The van der Waals surface area contributed by atoms with Crippen molar-refractivity contribution in [2.75, 3.05) is 24.5 Å². The Bertz CT molecular complexity index is 1010. The third-order valence-corrected chi connectivity index (χ3v) is 5.66. The molecule has 3 aromatic rings. The maximum Gasteiger partial charge on any atom is 0.272 e. The predicted molar refractivity (Wildman–Crippen MR) is 102 cm³/mol. The third kappa shape index (κ3) is 3.10. The molecule has 0 spiro atoms. The van der Waals surface area contributed by atoms with Crippen LogP contribution >= 0.6 is 0 Å². The summed E-state index contributed by atoms with van der Waals surface area (Å²) in [5.41, 5.74) is 2.41. The zero-order chi connectivity index (χ0) is 18.4. The molecule has 0 saturated carbocycles. The molecule has 8 nitrogen and oxygen atoms in total. The molecule has 8 heteroatoms. The third-order valence-electron chi connectivity index (χ3n) is 5.66. The average Bonchev–Trinajstić information content (AvgIpc) is 2.84. The first kappa shape index (κ1) is 16.4. The van der Waals surface area contributed by atoms with Crippen molar-refractivity contribution >= 4 is 11.6 Å². The van der Waals surface area contributed by atoms with E-state index in [1.807, 2.05) is 19.1 Å². The molecule has 1 N–H and O–H groups in total. The first-order valence-corrected chi connectivity index (χ1v) is 9.50. The summed E-state index contributed by atoms with van der Waals surface area (Å²) >= 11 is 0. The Balaban J connectivity index is 1.39. The molecule has 3 aliphatic rings. The first-order valence-electron chi connectivity index (χ1n) is 9.50. The Labute approximate surface area is 156 Å². The van der Waals surface area contributed by atoms with Gasteiger partial charge in [-0.1, -0.05) is 0 Å². The van der Waals surface area contributed by atoms with Crippen LogP contribution in [-0.2, 0) is 6.54 Å². The molecule has 0 aliphatic carbocycles. The molecule has 6 heterocycles. The number of nitrogens with one attached hydrogen (secondary N) is 1. The lowest BCUT2D eigenvalue weighted by atomic mass is 9.95. The molecule has 3 saturated heterocycles. The molecule has 0 radical (unpaired) electrons. The molecule has 3 aliphatic heterocycles. The second-order valence-corrected chi connectivity index (χ2v) is 7.70. The van der Waals surface area contributed by atoms with Gasteiger partial charge in [-0.15, -0.1) is 0 Å². The van der Waals surface area contributed by atoms with Crippen LogP contribution < -0.4 is 10.5 Å². The highest BCUT2D eigenvalue weighted by atomic mass is 16.1. The van der Waals surface area contributed by atoms with E-state index in [0.29, 0.717) is 24.2 Å². The van der Waals surface area contributed by atoms with Gasteiger partial charge in [-0.25, -0.2) is 19.5 Å². The molecule has 0 aromatic carbocycles. The van der Waals surface area contributed by atoms with Gasteiger partial charge in [0.1, 0.15) is 0 Å². The number of fused-ring (bicyclic) bond motifs is 5. The van der Waals surface area contributed by atoms with Crippen molar-refractivity contribution in [1.82, 2.24) is 29.5 Å². The van der Waals surface area contributed by atoms with Crippen molar-refractivity contribution in [2.45, 2.75) is 32.4 Å². The number of piperidine rings is 1. The fraction of sp³-hybridized carbons (Fsp3) is 0.474. The van der Waals surface area contributed by atoms with Crippen LogP contribution in [0.5, 0.6) is 0 Å². The topological polar surface area (TPSA) is 82.4 Å². The highest BCUT2D eigenvalue weighted by molar-refractivity contribution is 5.39. The van der Waals surface area contributed by atoms with Gasteiger partial charge in [0.25, 0.3) is 5.56 Å². The molecular formula is C19H23N7O. The number of anilines is 1. The average molecular weight is 365 g/mol. The number of rotatable bonds is 3. The lowest BCUT2D eigenvalue weighted by molar-refractivity contribution is 0.125. The lowest BCUT2D eigenvalue weighted by Gasteiger charge is -2.35. The van der Waals surface area contributed by atoms with Gasteiger partial charge < -0.3 is 4.90 Å². The number of aryl methyl sites for hydroxylation is 1. The Kier molecular flexibility index (Phi) is 3.93. The van der Waals surface area contributed by atoms with E-state index >= 15 is 0 Å². The molecule has 0 amide bonds. The van der Waals surface area contributed by atoms with Crippen LogP contribution in [0.1, 0.15) is 24.2 Å². The van der Waals surface area contributed by atoms with Gasteiger partial charge in [-0.05, 0) is 31.7 Å². The zero-order valence-electron chi connectivity index (χ0n) is 15.4. The standard InChI is InChI=1S/C19H23N7O/c1-13-7-17-22-15(8-18(27)26(17)23-13)11-24-9-14-3-4-16(24)12-25(10-14)19-20-5-2-6-21-19/h2,5-8,14,16,23H,3-4,9-12H2,1H3/t14-,16-/m1/s1. The summed E-state index contributed by atoms with van der Waals surface area (Å²) in [6.45, 7) is 5.58. The summed E-state index contributed by atoms with van der Waals surface area (Å²) in [5, 5.41) is 3.03. The van der Waals surface area contributed by atoms with E-state index in [1.54, 1.807) is 18.5 Å². The van der Waals surface area contributed by atoms with Gasteiger partial charge >= 0.3 is 0 Å². The first-order chi connectivity index (χ1) is 13.2. The van der Waals surface area contributed by atoms with Crippen LogP contribution in [0.4, 0.5) is 5.95 Å². The van der Waals surface area contributed by atoms with Crippen molar-refractivity contribution in [3.63, 3.8) is 0 Å². The van der Waals surface area contributed by atoms with Gasteiger partial charge in [-0.3, -0.25) is 14.8 Å². The van der Waals surface area contributed by atoms with Crippen LogP contribution in [0.25, 0.3) is 5.65 Å². The Hall–Kier alpha value is -2.74. The van der Waals surface area contributed by atoms with Gasteiger partial charge in [0.05, 0.1) is 5.69 Å². The second-order valence-electron chi connectivity index (χ2n) is 7.70. The molecule has 2 atom stereocenters. The molecule has 3 aromatic heterocycles. The fourth-order valence-corrected chi connectivity index (χ4v) is 4.44. The minimum atomic E-state index is -0.0533. The van der Waals surface area contributed by atoms with Crippen molar-refractivity contribution in [2.24, 2.45) is 5.92 Å². The van der Waals surface area contributed by atoms with E-state index in [4.69, 9.17) is 4.98 Å². The fourth-order valence-electron chi connectivity index (χ4n) is 4.44. The van der Waals surface area contributed by atoms with E-state index < -0.39 is 0 Å². The zero-order valence-corrected chi connectivity index (χ0v) is 15.4. The normalized spacial score (nSPS) is 23.1. The monoisotopic (exact) mass is 365 g/mol. The number of nitrogens with zero attached hydrogens (tertiary/aromatic N) is 6. The molecule has 3 fully saturated rings. The van der Waals surface area contributed by atoms with E-state index in [1.165, 1.54) is 17.4 Å². The minimum absolute atomic E-state index is 0.0533. The van der Waals surface area contributed by atoms with Gasteiger partial charge in [-0.2, -0.15) is 0 Å². The summed E-state index contributed by atoms with van der Waals surface area (Å²) in [6, 6.07) is 5.85. The molecule has 2 bridgehead atoms. The smallest absolute Gasteiger partial charge is 0.272 e. The van der Waals surface area contributed by atoms with Gasteiger partial charge in [0.15, 0.2) is 5.65 Å². The van der Waals surface area contributed by atoms with Crippen molar-refractivity contribution in [1.29, 1.82) is 0 Å². The van der Waals surface area contributed by atoms with Crippen molar-refractivity contribution in [3.05, 3.63) is 52.3 Å². The largest absolute Gasteiger partial charge is 0.339 e. The van der Waals surface area contributed by atoms with Gasteiger partial charge in [0.2, 0.25) is 5.95 Å². The predicted octanol–water partition coefficient (Wildman–Crippen LogP) is 1.22. The summed E-state index contributed by atoms with van der Waals surface area (Å²) < 4.78 is 1.50. The summed E-state index contributed by atoms with van der Waals surface area (Å²) in [7, 11) is 0.